The number of furan rings is 1. The third-order valence-electron chi connectivity index (χ3n) is 3.64. The summed E-state index contributed by atoms with van der Waals surface area (Å²) in [5.41, 5.74) is 6.45. The molecule has 1 amide bonds. The Kier molecular flexibility index (Phi) is 2.54. The predicted octanol–water partition coefficient (Wildman–Crippen LogP) is 1.44. The van der Waals surface area contributed by atoms with Crippen molar-refractivity contribution in [2.75, 3.05) is 0 Å². The number of hydrogen-bond donors (Lipinski definition) is 2. The Labute approximate surface area is 95.2 Å². The molecule has 2 unspecified atom stereocenters. The summed E-state index contributed by atoms with van der Waals surface area (Å²) in [6, 6.07) is 2.06. The Balaban J connectivity index is 1.99. The monoisotopic (exact) mass is 222 g/mol. The van der Waals surface area contributed by atoms with Crippen LogP contribution >= 0.6 is 0 Å². The van der Waals surface area contributed by atoms with Crippen molar-refractivity contribution in [3.63, 3.8) is 0 Å². The van der Waals surface area contributed by atoms with Gasteiger partial charge >= 0.3 is 0 Å². The van der Waals surface area contributed by atoms with Crippen LogP contribution in [0.4, 0.5) is 0 Å². The van der Waals surface area contributed by atoms with Crippen molar-refractivity contribution < 1.29 is 9.21 Å². The maximum Gasteiger partial charge on any atom is 0.254 e. The van der Waals surface area contributed by atoms with Crippen LogP contribution in [0.5, 0.6) is 0 Å². The average Bonchev–Trinajstić information content (AvgIpc) is 2.64. The molecule has 88 valence electrons. The van der Waals surface area contributed by atoms with Crippen LogP contribution in [0.3, 0.4) is 0 Å². The molecule has 0 saturated heterocycles. The van der Waals surface area contributed by atoms with E-state index in [1.165, 1.54) is 6.26 Å². The lowest BCUT2D eigenvalue weighted by atomic mass is 9.63. The van der Waals surface area contributed by atoms with Gasteiger partial charge in [-0.15, -0.1) is 0 Å². The summed E-state index contributed by atoms with van der Waals surface area (Å²) in [6.07, 6.45) is 2.33. The molecule has 0 aromatic carbocycles. The highest BCUT2D eigenvalue weighted by Gasteiger charge is 2.46. The van der Waals surface area contributed by atoms with E-state index in [1.807, 2.05) is 6.92 Å². The lowest BCUT2D eigenvalue weighted by Gasteiger charge is -2.50. The summed E-state index contributed by atoms with van der Waals surface area (Å²) in [6.45, 7) is 5.97. The van der Waals surface area contributed by atoms with Crippen molar-refractivity contribution in [1.29, 1.82) is 0 Å². The van der Waals surface area contributed by atoms with Gasteiger partial charge in [-0.3, -0.25) is 4.79 Å². The quantitative estimate of drug-likeness (QED) is 0.795. The summed E-state index contributed by atoms with van der Waals surface area (Å²) >= 11 is 0. The van der Waals surface area contributed by atoms with Gasteiger partial charge in [0.05, 0.1) is 5.56 Å². The molecule has 0 radical (unpaired) electrons. The van der Waals surface area contributed by atoms with Crippen molar-refractivity contribution in [2.45, 2.75) is 39.3 Å². The van der Waals surface area contributed by atoms with Gasteiger partial charge in [-0.05, 0) is 19.4 Å². The summed E-state index contributed by atoms with van der Waals surface area (Å²) < 4.78 is 5.11. The van der Waals surface area contributed by atoms with Gasteiger partial charge in [-0.1, -0.05) is 13.8 Å². The van der Waals surface area contributed by atoms with Crippen LogP contribution in [0.2, 0.25) is 0 Å². The van der Waals surface area contributed by atoms with Crippen LogP contribution in [0.25, 0.3) is 0 Å². The van der Waals surface area contributed by atoms with Crippen molar-refractivity contribution >= 4 is 5.91 Å². The van der Waals surface area contributed by atoms with E-state index in [4.69, 9.17) is 10.2 Å². The molecular formula is C12H18N2O2. The van der Waals surface area contributed by atoms with E-state index < -0.39 is 0 Å². The molecule has 1 aliphatic carbocycles. The molecule has 1 saturated carbocycles. The van der Waals surface area contributed by atoms with E-state index in [9.17, 15) is 4.79 Å². The fourth-order valence-corrected chi connectivity index (χ4v) is 2.01. The molecule has 3 N–H and O–H groups in total. The van der Waals surface area contributed by atoms with Gasteiger partial charge in [0.1, 0.15) is 12.0 Å². The van der Waals surface area contributed by atoms with E-state index in [1.54, 1.807) is 6.07 Å². The van der Waals surface area contributed by atoms with E-state index >= 15 is 0 Å². The summed E-state index contributed by atoms with van der Waals surface area (Å²) in [7, 11) is 0. The molecule has 1 aliphatic rings. The number of nitrogens with two attached hydrogens (primary N) is 1. The zero-order valence-corrected chi connectivity index (χ0v) is 9.91. The Morgan fingerprint density at radius 1 is 1.62 bits per heavy atom. The molecule has 16 heavy (non-hydrogen) atoms. The largest absolute Gasteiger partial charge is 0.469 e. The third-order valence-corrected chi connectivity index (χ3v) is 3.64. The minimum atomic E-state index is -0.0816. The molecule has 2 rings (SSSR count). The Morgan fingerprint density at radius 3 is 2.75 bits per heavy atom. The Hall–Kier alpha value is -1.29. The molecule has 0 aliphatic heterocycles. The number of carbonyl (C=O) groups is 1. The number of amides is 1. The molecule has 0 bridgehead atoms. The number of carbonyl (C=O) groups excluding carboxylic acids is 1. The fourth-order valence-electron chi connectivity index (χ4n) is 2.01. The molecule has 1 fully saturated rings. The van der Waals surface area contributed by atoms with Gasteiger partial charge in [0.15, 0.2) is 0 Å². The van der Waals surface area contributed by atoms with Crippen molar-refractivity contribution in [1.82, 2.24) is 5.32 Å². The van der Waals surface area contributed by atoms with Gasteiger partial charge in [-0.2, -0.15) is 0 Å². The highest BCUT2D eigenvalue weighted by molar-refractivity contribution is 5.94. The average molecular weight is 222 g/mol. The van der Waals surface area contributed by atoms with Crippen LogP contribution in [0, 0.1) is 12.3 Å². The maximum atomic E-state index is 11.8. The summed E-state index contributed by atoms with van der Waals surface area (Å²) in [5.74, 6) is 0.663. The van der Waals surface area contributed by atoms with Crippen molar-refractivity contribution in [3.8, 4) is 0 Å². The van der Waals surface area contributed by atoms with Gasteiger partial charge < -0.3 is 15.5 Å². The molecule has 2 atom stereocenters. The van der Waals surface area contributed by atoms with Crippen LogP contribution < -0.4 is 11.1 Å². The van der Waals surface area contributed by atoms with Crippen molar-refractivity contribution in [3.05, 3.63) is 23.7 Å². The first-order valence-corrected chi connectivity index (χ1v) is 5.53. The van der Waals surface area contributed by atoms with Gasteiger partial charge in [0.2, 0.25) is 0 Å². The second-order valence-electron chi connectivity index (χ2n) is 5.14. The summed E-state index contributed by atoms with van der Waals surface area (Å²) in [5, 5.41) is 2.99. The highest BCUT2D eigenvalue weighted by atomic mass is 16.3. The summed E-state index contributed by atoms with van der Waals surface area (Å²) in [4.78, 5) is 11.8. The molecule has 1 aromatic rings. The smallest absolute Gasteiger partial charge is 0.254 e. The van der Waals surface area contributed by atoms with Crippen LogP contribution in [-0.2, 0) is 0 Å². The van der Waals surface area contributed by atoms with E-state index in [0.717, 1.165) is 12.2 Å². The molecule has 0 spiro atoms. The van der Waals surface area contributed by atoms with Crippen molar-refractivity contribution in [2.24, 2.45) is 11.1 Å². The number of aryl methyl sites for hydroxylation is 1. The van der Waals surface area contributed by atoms with Crippen LogP contribution in [-0.4, -0.2) is 18.0 Å². The molecule has 1 aromatic heterocycles. The van der Waals surface area contributed by atoms with Crippen LogP contribution in [0.1, 0.15) is 36.4 Å². The molecule has 4 heteroatoms. The number of rotatable bonds is 2. The second-order valence-corrected chi connectivity index (χ2v) is 5.14. The minimum Gasteiger partial charge on any atom is -0.469 e. The third kappa shape index (κ3) is 1.73. The predicted molar refractivity (Wildman–Crippen MR) is 61.1 cm³/mol. The number of hydrogen-bond acceptors (Lipinski definition) is 3. The Morgan fingerprint density at radius 2 is 2.31 bits per heavy atom. The zero-order chi connectivity index (χ0) is 11.9. The SMILES string of the molecule is Cc1cc(C(=O)NC2CC(N)C2(C)C)co1. The van der Waals surface area contributed by atoms with Gasteiger partial charge in [0, 0.05) is 17.5 Å². The minimum absolute atomic E-state index is 0.0194. The van der Waals surface area contributed by atoms with E-state index in [0.29, 0.717) is 5.56 Å². The van der Waals surface area contributed by atoms with E-state index in [-0.39, 0.29) is 23.4 Å². The van der Waals surface area contributed by atoms with Crippen LogP contribution in [0.15, 0.2) is 16.7 Å². The lowest BCUT2D eigenvalue weighted by molar-refractivity contribution is 0.0586. The van der Waals surface area contributed by atoms with Gasteiger partial charge in [-0.25, -0.2) is 0 Å². The molecular weight excluding hydrogens is 204 g/mol. The topological polar surface area (TPSA) is 68.3 Å². The zero-order valence-electron chi connectivity index (χ0n) is 9.91. The second kappa shape index (κ2) is 3.63. The maximum absolute atomic E-state index is 11.8. The highest BCUT2D eigenvalue weighted by Crippen LogP contribution is 2.39. The lowest BCUT2D eigenvalue weighted by Crippen LogP contribution is -2.64. The Bertz CT molecular complexity index is 409. The number of nitrogens with one attached hydrogen (secondary N) is 1. The first-order chi connectivity index (χ1) is 7.41. The van der Waals surface area contributed by atoms with Gasteiger partial charge in [0.25, 0.3) is 5.91 Å². The first-order valence-electron chi connectivity index (χ1n) is 5.53. The first kappa shape index (κ1) is 11.2. The molecule has 4 nitrogen and oxygen atoms in total. The normalized spacial score (nSPS) is 27.2. The standard InChI is InChI=1S/C12H18N2O2/c1-7-4-8(6-16-7)11(15)14-10-5-9(13)12(10,2)3/h4,6,9-10H,5,13H2,1-3H3,(H,14,15). The fraction of sp³-hybridized carbons (Fsp3) is 0.583. The molecule has 1 heterocycles. The van der Waals surface area contributed by atoms with E-state index in [2.05, 4.69) is 19.2 Å².